The third-order valence-corrected chi connectivity index (χ3v) is 5.02. The van der Waals surface area contributed by atoms with Gasteiger partial charge in [0.2, 0.25) is 0 Å². The topological polar surface area (TPSA) is 54.0 Å². The van der Waals surface area contributed by atoms with E-state index in [0.29, 0.717) is 13.2 Å². The maximum Gasteiger partial charge on any atom is 0.335 e. The van der Waals surface area contributed by atoms with E-state index >= 15 is 0 Å². The second-order valence-corrected chi connectivity index (χ2v) is 7.47. The van der Waals surface area contributed by atoms with Gasteiger partial charge in [0, 0.05) is 0 Å². The minimum atomic E-state index is -3.17. The summed E-state index contributed by atoms with van der Waals surface area (Å²) in [6.45, 7) is 6.48. The highest BCUT2D eigenvalue weighted by molar-refractivity contribution is 7.53. The van der Waals surface area contributed by atoms with E-state index < -0.39 is 13.4 Å². The first-order chi connectivity index (χ1) is 9.92. The van der Waals surface area contributed by atoms with Crippen molar-refractivity contribution >= 4 is 7.60 Å². The van der Waals surface area contributed by atoms with Crippen molar-refractivity contribution < 1.29 is 23.1 Å². The van der Waals surface area contributed by atoms with E-state index in [1.54, 1.807) is 6.92 Å². The molecule has 0 aromatic heterocycles. The van der Waals surface area contributed by atoms with E-state index in [9.17, 15) is 4.57 Å². The van der Waals surface area contributed by atoms with Crippen LogP contribution in [0.25, 0.3) is 0 Å². The molecule has 5 nitrogen and oxygen atoms in total. The van der Waals surface area contributed by atoms with Gasteiger partial charge in [0.1, 0.15) is 6.10 Å². The lowest BCUT2D eigenvalue weighted by atomic mass is 10.2. The maximum atomic E-state index is 12.8. The molecule has 0 amide bonds. The van der Waals surface area contributed by atoms with Crippen molar-refractivity contribution in [3.8, 4) is 0 Å². The number of hydrogen-bond acceptors (Lipinski definition) is 5. The number of benzene rings is 1. The van der Waals surface area contributed by atoms with E-state index in [4.69, 9.17) is 18.5 Å². The standard InChI is InChI=1S/C15H23O5P/c1-4-18-21(16,12-13-8-6-5-7-9-13)19-11-14-10-17-15(2,3)20-14/h5-9,14H,4,10-12H2,1-3H3. The van der Waals surface area contributed by atoms with E-state index in [1.807, 2.05) is 44.2 Å². The van der Waals surface area contributed by atoms with Crippen LogP contribution in [0.5, 0.6) is 0 Å². The van der Waals surface area contributed by atoms with Crippen molar-refractivity contribution in [2.24, 2.45) is 0 Å². The predicted octanol–water partition coefficient (Wildman–Crippen LogP) is 3.58. The molecule has 1 aromatic carbocycles. The van der Waals surface area contributed by atoms with Crippen molar-refractivity contribution in [1.29, 1.82) is 0 Å². The van der Waals surface area contributed by atoms with Gasteiger partial charge < -0.3 is 18.5 Å². The van der Waals surface area contributed by atoms with Crippen LogP contribution in [-0.4, -0.2) is 31.7 Å². The summed E-state index contributed by atoms with van der Waals surface area (Å²) < 4.78 is 34.8. The molecule has 2 unspecified atom stereocenters. The molecule has 21 heavy (non-hydrogen) atoms. The zero-order valence-electron chi connectivity index (χ0n) is 12.8. The van der Waals surface area contributed by atoms with Gasteiger partial charge in [-0.25, -0.2) is 0 Å². The molecule has 0 bridgehead atoms. The van der Waals surface area contributed by atoms with E-state index in [0.717, 1.165) is 5.56 Å². The molecule has 0 saturated carbocycles. The Hall–Kier alpha value is -0.710. The average molecular weight is 314 g/mol. The van der Waals surface area contributed by atoms with Crippen LogP contribution in [0.15, 0.2) is 30.3 Å². The van der Waals surface area contributed by atoms with Crippen LogP contribution in [0, 0.1) is 0 Å². The summed E-state index contributed by atoms with van der Waals surface area (Å²) in [6, 6.07) is 9.55. The summed E-state index contributed by atoms with van der Waals surface area (Å²) in [6.07, 6.45) is 0.0445. The summed E-state index contributed by atoms with van der Waals surface area (Å²) in [7, 11) is -3.17. The number of hydrogen-bond donors (Lipinski definition) is 0. The first kappa shape index (κ1) is 16.7. The Labute approximate surface area is 126 Å². The maximum absolute atomic E-state index is 12.8. The Bertz CT molecular complexity index is 488. The fourth-order valence-electron chi connectivity index (χ4n) is 2.17. The Morgan fingerprint density at radius 1 is 1.29 bits per heavy atom. The third-order valence-electron chi connectivity index (χ3n) is 3.07. The SMILES string of the molecule is CCOP(=O)(Cc1ccccc1)OCC1COC(C)(C)O1. The fourth-order valence-corrected chi connectivity index (χ4v) is 3.88. The van der Waals surface area contributed by atoms with Gasteiger partial charge in [-0.3, -0.25) is 4.57 Å². The zero-order chi connectivity index (χ0) is 15.3. The zero-order valence-corrected chi connectivity index (χ0v) is 13.7. The quantitative estimate of drug-likeness (QED) is 0.720. The lowest BCUT2D eigenvalue weighted by molar-refractivity contribution is -0.141. The van der Waals surface area contributed by atoms with Gasteiger partial charge in [-0.2, -0.15) is 0 Å². The molecule has 0 radical (unpaired) electrons. The number of rotatable bonds is 7. The summed E-state index contributed by atoms with van der Waals surface area (Å²) in [5.74, 6) is -0.608. The second kappa shape index (κ2) is 7.03. The van der Waals surface area contributed by atoms with Gasteiger partial charge in [0.25, 0.3) is 0 Å². The Morgan fingerprint density at radius 3 is 2.57 bits per heavy atom. The van der Waals surface area contributed by atoms with Crippen LogP contribution in [0.3, 0.4) is 0 Å². The predicted molar refractivity (Wildman–Crippen MR) is 80.2 cm³/mol. The van der Waals surface area contributed by atoms with Crippen LogP contribution >= 0.6 is 7.60 Å². The molecule has 2 rings (SSSR count). The van der Waals surface area contributed by atoms with Gasteiger partial charge in [-0.1, -0.05) is 30.3 Å². The molecule has 1 aromatic rings. The molecule has 1 heterocycles. The number of ether oxygens (including phenoxy) is 2. The van der Waals surface area contributed by atoms with Gasteiger partial charge >= 0.3 is 7.60 Å². The summed E-state index contributed by atoms with van der Waals surface area (Å²) in [5.41, 5.74) is 0.929. The summed E-state index contributed by atoms with van der Waals surface area (Å²) >= 11 is 0. The first-order valence-electron chi connectivity index (χ1n) is 7.16. The Kier molecular flexibility index (Phi) is 5.58. The molecule has 1 saturated heterocycles. The van der Waals surface area contributed by atoms with Gasteiger partial charge in [-0.05, 0) is 26.3 Å². The van der Waals surface area contributed by atoms with Crippen LogP contribution in [0.1, 0.15) is 26.3 Å². The highest BCUT2D eigenvalue weighted by Gasteiger charge is 2.35. The molecular formula is C15H23O5P. The van der Waals surface area contributed by atoms with Crippen molar-refractivity contribution in [2.75, 3.05) is 19.8 Å². The van der Waals surface area contributed by atoms with Gasteiger partial charge in [0.15, 0.2) is 5.79 Å². The van der Waals surface area contributed by atoms with E-state index in [1.165, 1.54) is 0 Å². The highest BCUT2D eigenvalue weighted by atomic mass is 31.2. The molecule has 6 heteroatoms. The smallest absolute Gasteiger partial charge is 0.335 e. The lowest BCUT2D eigenvalue weighted by Crippen LogP contribution is -2.24. The Morgan fingerprint density at radius 2 is 2.00 bits per heavy atom. The van der Waals surface area contributed by atoms with Crippen LogP contribution in [-0.2, 0) is 29.2 Å². The molecule has 0 aliphatic carbocycles. The van der Waals surface area contributed by atoms with Crippen molar-refractivity contribution in [3.05, 3.63) is 35.9 Å². The van der Waals surface area contributed by atoms with Crippen LogP contribution in [0.2, 0.25) is 0 Å². The van der Waals surface area contributed by atoms with Crippen LogP contribution < -0.4 is 0 Å². The first-order valence-corrected chi connectivity index (χ1v) is 8.89. The molecule has 118 valence electrons. The Balaban J connectivity index is 1.93. The summed E-state index contributed by atoms with van der Waals surface area (Å²) in [5, 5.41) is 0. The molecule has 1 fully saturated rings. The molecule has 1 aliphatic heterocycles. The molecule has 0 N–H and O–H groups in total. The fraction of sp³-hybridized carbons (Fsp3) is 0.600. The monoisotopic (exact) mass is 314 g/mol. The third kappa shape index (κ3) is 5.20. The van der Waals surface area contributed by atoms with Crippen LogP contribution in [0.4, 0.5) is 0 Å². The van der Waals surface area contributed by atoms with Crippen molar-refractivity contribution in [1.82, 2.24) is 0 Å². The minimum absolute atomic E-state index is 0.202. The largest absolute Gasteiger partial charge is 0.348 e. The van der Waals surface area contributed by atoms with Gasteiger partial charge in [-0.15, -0.1) is 0 Å². The normalized spacial score (nSPS) is 23.9. The molecule has 0 spiro atoms. The van der Waals surface area contributed by atoms with Crippen molar-refractivity contribution in [2.45, 2.75) is 38.8 Å². The second-order valence-electron chi connectivity index (χ2n) is 5.42. The molecule has 2 atom stereocenters. The van der Waals surface area contributed by atoms with E-state index in [-0.39, 0.29) is 18.9 Å². The minimum Gasteiger partial charge on any atom is -0.348 e. The molecular weight excluding hydrogens is 291 g/mol. The molecule has 1 aliphatic rings. The van der Waals surface area contributed by atoms with Crippen molar-refractivity contribution in [3.63, 3.8) is 0 Å². The van der Waals surface area contributed by atoms with E-state index in [2.05, 4.69) is 0 Å². The lowest BCUT2D eigenvalue weighted by Gasteiger charge is -2.21. The van der Waals surface area contributed by atoms with Gasteiger partial charge in [0.05, 0.1) is 26.0 Å². The summed E-state index contributed by atoms with van der Waals surface area (Å²) in [4.78, 5) is 0. The highest BCUT2D eigenvalue weighted by Crippen LogP contribution is 2.51. The average Bonchev–Trinajstić information content (AvgIpc) is 2.78.